The monoisotopic (exact) mass is 665 g/mol. The minimum Gasteiger partial charge on any atom is -0.491 e. The molecule has 3 aromatic rings. The molecule has 0 unspecified atom stereocenters. The van der Waals surface area contributed by atoms with Crippen LogP contribution in [-0.4, -0.2) is 79.2 Å². The molecular formula is C36H47N3O7S. The van der Waals surface area contributed by atoms with Gasteiger partial charge in [0.15, 0.2) is 0 Å². The molecule has 2 aromatic carbocycles. The van der Waals surface area contributed by atoms with Gasteiger partial charge in [-0.05, 0) is 87.3 Å². The third-order valence-corrected chi connectivity index (χ3v) is 10.2. The number of likely N-dealkylation sites (tertiary alicyclic amines) is 1. The summed E-state index contributed by atoms with van der Waals surface area (Å²) in [5.41, 5.74) is 4.93. The number of esters is 1. The number of aromatic nitrogens is 1. The van der Waals surface area contributed by atoms with Gasteiger partial charge in [0.2, 0.25) is 11.8 Å². The van der Waals surface area contributed by atoms with Crippen LogP contribution in [0.1, 0.15) is 78.0 Å². The molecule has 1 aliphatic carbocycles. The summed E-state index contributed by atoms with van der Waals surface area (Å²) in [5, 5.41) is 6.97. The van der Waals surface area contributed by atoms with Gasteiger partial charge < -0.3 is 29.0 Å². The Labute approximate surface area is 282 Å². The number of ether oxygens (including phenoxy) is 3. The molecule has 1 spiro atoms. The van der Waals surface area contributed by atoms with Crippen LogP contribution < -0.4 is 10.1 Å². The molecule has 1 aromatic heterocycles. The van der Waals surface area contributed by atoms with Crippen LogP contribution in [0.4, 0.5) is 0 Å². The van der Waals surface area contributed by atoms with Gasteiger partial charge in [0, 0.05) is 37.8 Å². The van der Waals surface area contributed by atoms with Crippen molar-refractivity contribution in [3.8, 4) is 5.75 Å². The predicted molar refractivity (Wildman–Crippen MR) is 182 cm³/mol. The molecule has 0 atom stereocenters. The molecule has 1 saturated heterocycles. The van der Waals surface area contributed by atoms with Crippen molar-refractivity contribution in [3.63, 3.8) is 0 Å². The number of hydrogen-bond donors (Lipinski definition) is 1. The first-order valence-corrected chi connectivity index (χ1v) is 17.5. The van der Waals surface area contributed by atoms with Gasteiger partial charge in [0.05, 0.1) is 37.3 Å². The number of carbonyl (C=O) groups is 3. The summed E-state index contributed by atoms with van der Waals surface area (Å²) in [4.78, 5) is 39.5. The molecule has 0 radical (unpaired) electrons. The Morgan fingerprint density at radius 3 is 2.62 bits per heavy atom. The Bertz CT molecular complexity index is 1500. The quantitative estimate of drug-likeness (QED) is 0.153. The molecule has 254 valence electrons. The molecule has 11 heteroatoms. The Balaban J connectivity index is 0.00000520. The third-order valence-electron chi connectivity index (χ3n) is 9.26. The van der Waals surface area contributed by atoms with Crippen molar-refractivity contribution in [1.82, 2.24) is 15.4 Å². The van der Waals surface area contributed by atoms with Crippen molar-refractivity contribution in [3.05, 3.63) is 82.2 Å². The second-order valence-electron chi connectivity index (χ2n) is 12.3. The second-order valence-corrected chi connectivity index (χ2v) is 13.3. The summed E-state index contributed by atoms with van der Waals surface area (Å²) in [5.74, 6) is 2.90. The Kier molecular flexibility index (Phi) is 12.0. The van der Waals surface area contributed by atoms with Crippen molar-refractivity contribution >= 4 is 29.5 Å². The van der Waals surface area contributed by atoms with E-state index in [4.69, 9.17) is 18.7 Å². The number of amides is 2. The lowest BCUT2D eigenvalue weighted by Crippen LogP contribution is -2.55. The Morgan fingerprint density at radius 1 is 1.09 bits per heavy atom. The van der Waals surface area contributed by atoms with E-state index in [0.29, 0.717) is 62.2 Å². The van der Waals surface area contributed by atoms with E-state index < -0.39 is 0 Å². The minimum atomic E-state index is -0.389. The molecule has 2 aliphatic rings. The summed E-state index contributed by atoms with van der Waals surface area (Å²) in [6.45, 7) is 6.26. The highest BCUT2D eigenvalue weighted by atomic mass is 32.2. The predicted octanol–water partition coefficient (Wildman–Crippen LogP) is 5.64. The van der Waals surface area contributed by atoms with Gasteiger partial charge in [-0.1, -0.05) is 29.4 Å². The van der Waals surface area contributed by atoms with Crippen LogP contribution in [0.3, 0.4) is 0 Å². The summed E-state index contributed by atoms with van der Waals surface area (Å²) >= 11 is 1.64. The Hall–Kier alpha value is -3.83. The van der Waals surface area contributed by atoms with E-state index in [-0.39, 0.29) is 24.7 Å². The maximum atomic E-state index is 13.3. The lowest BCUT2D eigenvalue weighted by atomic mass is 9.63. The number of nitrogens with one attached hydrogen (secondary N) is 1. The van der Waals surface area contributed by atoms with E-state index in [1.165, 1.54) is 18.2 Å². The van der Waals surface area contributed by atoms with E-state index in [9.17, 15) is 14.4 Å². The molecule has 2 heterocycles. The number of rotatable bonds is 16. The average Bonchev–Trinajstić information content (AvgIpc) is 3.66. The fraction of sp³-hybridized carbons (Fsp3) is 0.500. The number of carbonyl (C=O) groups excluding carboxylic acids is 3. The van der Waals surface area contributed by atoms with E-state index in [2.05, 4.69) is 33.6 Å². The van der Waals surface area contributed by atoms with Gasteiger partial charge in [0.25, 0.3) is 0 Å². The van der Waals surface area contributed by atoms with Crippen LogP contribution in [0, 0.1) is 13.8 Å². The average molecular weight is 666 g/mol. The van der Waals surface area contributed by atoms with Crippen LogP contribution >= 0.6 is 11.8 Å². The van der Waals surface area contributed by atoms with Crippen molar-refractivity contribution in [1.29, 1.82) is 0 Å². The van der Waals surface area contributed by atoms with Crippen molar-refractivity contribution < 1.29 is 34.5 Å². The summed E-state index contributed by atoms with van der Waals surface area (Å²) in [6, 6.07) is 15.2. The largest absolute Gasteiger partial charge is 0.491 e. The molecule has 0 bridgehead atoms. The molecule has 1 aliphatic heterocycles. The first-order valence-electron chi connectivity index (χ1n) is 16.3. The van der Waals surface area contributed by atoms with Gasteiger partial charge in [-0.25, -0.2) is 4.79 Å². The number of benzene rings is 2. The van der Waals surface area contributed by atoms with Gasteiger partial charge in [-0.3, -0.25) is 9.59 Å². The standard InChI is InChI=1S/C36H45N3O7S.H2/c1-25-32(26(2)46-38-25)23-47-24-34(41)39-17-6-15-36(39)21-29(22-36)31-8-5-4-7-27(31)11-14-33(40)37-16-18-44-19-20-45-30-12-9-28(10-13-30)35(42)43-3;/h4-5,7-10,12-13,29H,6,11,14-24H2,1-3H3,(H,37,40);1H. The number of nitrogens with zero attached hydrogens (tertiary/aromatic N) is 2. The SMILES string of the molecule is COC(=O)c1ccc(OCCOCCNC(=O)CCc2ccccc2C2CC3(CCCN3C(=O)CSCc3c(C)noc3C)C2)cc1.[HH]. The van der Waals surface area contributed by atoms with Crippen LogP contribution in [0.25, 0.3) is 0 Å². The van der Waals surface area contributed by atoms with E-state index in [1.54, 1.807) is 36.0 Å². The van der Waals surface area contributed by atoms with Crippen molar-refractivity contribution in [2.45, 2.75) is 69.6 Å². The van der Waals surface area contributed by atoms with Crippen molar-refractivity contribution in [2.24, 2.45) is 0 Å². The summed E-state index contributed by atoms with van der Waals surface area (Å²) < 4.78 is 21.2. The topological polar surface area (TPSA) is 120 Å². The van der Waals surface area contributed by atoms with Crippen LogP contribution in [-0.2, 0) is 31.2 Å². The van der Waals surface area contributed by atoms with Gasteiger partial charge in [-0.2, -0.15) is 0 Å². The number of thioether (sulfide) groups is 1. The molecular weight excluding hydrogens is 618 g/mol. The van der Waals surface area contributed by atoms with Crippen LogP contribution in [0.15, 0.2) is 53.1 Å². The zero-order valence-corrected chi connectivity index (χ0v) is 28.4. The number of aryl methyl sites for hydroxylation is 3. The minimum absolute atomic E-state index is 0. The van der Waals surface area contributed by atoms with Gasteiger partial charge in [-0.15, -0.1) is 11.8 Å². The normalized spacial score (nSPS) is 18.6. The molecule has 1 saturated carbocycles. The van der Waals surface area contributed by atoms with E-state index >= 15 is 0 Å². The lowest BCUT2D eigenvalue weighted by molar-refractivity contribution is -0.136. The Morgan fingerprint density at radius 2 is 1.87 bits per heavy atom. The third kappa shape index (κ3) is 8.75. The first-order chi connectivity index (χ1) is 22.8. The zero-order valence-electron chi connectivity index (χ0n) is 27.5. The highest BCUT2D eigenvalue weighted by Gasteiger charge is 2.52. The first kappa shape index (κ1) is 34.5. The fourth-order valence-corrected chi connectivity index (χ4v) is 7.79. The van der Waals surface area contributed by atoms with Crippen LogP contribution in [0.5, 0.6) is 5.75 Å². The lowest BCUT2D eigenvalue weighted by Gasteiger charge is -2.51. The zero-order chi connectivity index (χ0) is 33.2. The molecule has 5 rings (SSSR count). The molecule has 10 nitrogen and oxygen atoms in total. The maximum Gasteiger partial charge on any atom is 0.337 e. The molecule has 2 fully saturated rings. The number of methoxy groups -OCH3 is 1. The van der Waals surface area contributed by atoms with E-state index in [1.807, 2.05) is 19.9 Å². The molecule has 2 amide bonds. The highest BCUT2D eigenvalue weighted by Crippen LogP contribution is 2.54. The maximum absolute atomic E-state index is 13.3. The van der Waals surface area contributed by atoms with Crippen LogP contribution in [0.2, 0.25) is 0 Å². The smallest absolute Gasteiger partial charge is 0.337 e. The highest BCUT2D eigenvalue weighted by molar-refractivity contribution is 7.99. The number of hydrogen-bond acceptors (Lipinski definition) is 9. The van der Waals surface area contributed by atoms with Gasteiger partial charge in [0.1, 0.15) is 18.1 Å². The molecule has 47 heavy (non-hydrogen) atoms. The molecule has 1 N–H and O–H groups in total. The van der Waals surface area contributed by atoms with Crippen molar-refractivity contribution in [2.75, 3.05) is 45.8 Å². The van der Waals surface area contributed by atoms with E-state index in [0.717, 1.165) is 55.0 Å². The second kappa shape index (κ2) is 16.3. The van der Waals surface area contributed by atoms with Gasteiger partial charge >= 0.3 is 5.97 Å². The fourth-order valence-electron chi connectivity index (χ4n) is 6.74. The summed E-state index contributed by atoms with van der Waals surface area (Å²) in [7, 11) is 1.34. The summed E-state index contributed by atoms with van der Waals surface area (Å²) in [6.07, 6.45) is 5.17.